The molecule has 0 amide bonds. The van der Waals surface area contributed by atoms with E-state index in [0.717, 1.165) is 31.3 Å². The second-order valence-corrected chi connectivity index (χ2v) is 7.13. The summed E-state index contributed by atoms with van der Waals surface area (Å²) in [7, 11) is 0. The molecule has 1 spiro atoms. The number of aryl methyl sites for hydroxylation is 1. The Morgan fingerprint density at radius 1 is 1.40 bits per heavy atom. The summed E-state index contributed by atoms with van der Waals surface area (Å²) in [5.41, 5.74) is 4.36. The average Bonchev–Trinajstić information content (AvgIpc) is 2.79. The lowest BCUT2D eigenvalue weighted by Crippen LogP contribution is -2.38. The first-order chi connectivity index (χ1) is 9.52. The predicted molar refractivity (Wildman–Crippen MR) is 78.7 cm³/mol. The third-order valence-corrected chi connectivity index (χ3v) is 6.32. The number of hydrogen-bond acceptors (Lipinski definition) is 2. The van der Waals surface area contributed by atoms with Gasteiger partial charge in [0.1, 0.15) is 0 Å². The van der Waals surface area contributed by atoms with Gasteiger partial charge in [0.15, 0.2) is 0 Å². The summed E-state index contributed by atoms with van der Waals surface area (Å²) in [5.74, 6) is 0.642. The molecule has 20 heavy (non-hydrogen) atoms. The number of aliphatic hydroxyl groups is 2. The number of hydrogen-bond donors (Lipinski definition) is 2. The molecule has 4 atom stereocenters. The van der Waals surface area contributed by atoms with Crippen LogP contribution in [0.5, 0.6) is 0 Å². The summed E-state index contributed by atoms with van der Waals surface area (Å²) in [6.07, 6.45) is 3.49. The van der Waals surface area contributed by atoms with Crippen molar-refractivity contribution < 1.29 is 10.2 Å². The van der Waals surface area contributed by atoms with Gasteiger partial charge >= 0.3 is 0 Å². The van der Waals surface area contributed by atoms with Gasteiger partial charge in [-0.2, -0.15) is 0 Å². The van der Waals surface area contributed by atoms with Crippen molar-refractivity contribution in [3.63, 3.8) is 0 Å². The Morgan fingerprint density at radius 3 is 2.95 bits per heavy atom. The standard InChI is InChI=1S/C18H22O2/c1-11-4-3-5-13-14-6-7-18(20)10-17(14,8-12(18)2)15(9-19)16(11)13/h3-5,14-15,19-20H,2,6-10H2,1H3/t14-,15-,17?,18+/m0/s1. The van der Waals surface area contributed by atoms with Crippen LogP contribution in [0.2, 0.25) is 0 Å². The summed E-state index contributed by atoms with van der Waals surface area (Å²) in [6, 6.07) is 6.51. The molecule has 4 rings (SSSR count). The van der Waals surface area contributed by atoms with E-state index in [1.54, 1.807) is 0 Å². The zero-order valence-electron chi connectivity index (χ0n) is 12.0. The number of benzene rings is 1. The molecule has 1 unspecified atom stereocenters. The summed E-state index contributed by atoms with van der Waals surface area (Å²) in [5, 5.41) is 20.9. The van der Waals surface area contributed by atoms with E-state index < -0.39 is 5.60 Å². The Balaban J connectivity index is 1.94. The van der Waals surface area contributed by atoms with E-state index in [1.165, 1.54) is 16.7 Å². The Bertz CT molecular complexity index is 605. The number of aliphatic hydroxyl groups excluding tert-OH is 1. The minimum Gasteiger partial charge on any atom is -0.396 e. The SMILES string of the molecule is C=C1CC23C[C@]1(O)CC[C@H]2c1cccc(C)c1[C@@H]3CO. The normalized spacial score (nSPS) is 41.6. The Labute approximate surface area is 120 Å². The molecule has 2 nitrogen and oxygen atoms in total. The topological polar surface area (TPSA) is 40.5 Å². The van der Waals surface area contributed by atoms with Crippen LogP contribution in [-0.2, 0) is 0 Å². The fourth-order valence-electron chi connectivity index (χ4n) is 5.47. The van der Waals surface area contributed by atoms with E-state index in [9.17, 15) is 10.2 Å². The van der Waals surface area contributed by atoms with E-state index in [4.69, 9.17) is 0 Å². The van der Waals surface area contributed by atoms with E-state index >= 15 is 0 Å². The zero-order chi connectivity index (χ0) is 14.1. The molecule has 0 radical (unpaired) electrons. The van der Waals surface area contributed by atoms with E-state index in [1.807, 2.05) is 0 Å². The largest absolute Gasteiger partial charge is 0.396 e. The first-order valence-electron chi connectivity index (χ1n) is 7.63. The van der Waals surface area contributed by atoms with Crippen LogP contribution in [-0.4, -0.2) is 22.4 Å². The van der Waals surface area contributed by atoms with Gasteiger partial charge in [0.05, 0.1) is 12.2 Å². The van der Waals surface area contributed by atoms with E-state index in [-0.39, 0.29) is 17.9 Å². The Morgan fingerprint density at radius 2 is 2.20 bits per heavy atom. The van der Waals surface area contributed by atoms with Crippen molar-refractivity contribution in [1.82, 2.24) is 0 Å². The predicted octanol–water partition coefficient (Wildman–Crippen LogP) is 3.03. The fraction of sp³-hybridized carbons (Fsp3) is 0.556. The van der Waals surface area contributed by atoms with Crippen LogP contribution in [0.25, 0.3) is 0 Å². The monoisotopic (exact) mass is 270 g/mol. The summed E-state index contributed by atoms with van der Waals surface area (Å²) in [6.45, 7) is 6.47. The van der Waals surface area contributed by atoms with Crippen molar-refractivity contribution in [3.8, 4) is 0 Å². The smallest absolute Gasteiger partial charge is 0.0860 e. The van der Waals surface area contributed by atoms with Gasteiger partial charge in [-0.3, -0.25) is 0 Å². The summed E-state index contributed by atoms with van der Waals surface area (Å²) < 4.78 is 0. The molecule has 0 saturated heterocycles. The molecule has 0 aliphatic heterocycles. The van der Waals surface area contributed by atoms with Gasteiger partial charge < -0.3 is 10.2 Å². The second-order valence-electron chi connectivity index (χ2n) is 7.13. The molecule has 106 valence electrons. The molecule has 2 bridgehead atoms. The molecule has 3 aliphatic carbocycles. The lowest BCUT2D eigenvalue weighted by molar-refractivity contribution is -0.000939. The molecular formula is C18H22O2. The maximum Gasteiger partial charge on any atom is 0.0860 e. The van der Waals surface area contributed by atoms with Gasteiger partial charge in [0.2, 0.25) is 0 Å². The third kappa shape index (κ3) is 1.27. The van der Waals surface area contributed by atoms with Gasteiger partial charge in [-0.25, -0.2) is 0 Å². The first kappa shape index (κ1) is 12.6. The molecule has 0 heterocycles. The van der Waals surface area contributed by atoms with Gasteiger partial charge in [0, 0.05) is 5.92 Å². The summed E-state index contributed by atoms with van der Waals surface area (Å²) in [4.78, 5) is 0. The van der Waals surface area contributed by atoms with Crippen LogP contribution >= 0.6 is 0 Å². The molecule has 1 aromatic rings. The zero-order valence-corrected chi connectivity index (χ0v) is 12.0. The van der Waals surface area contributed by atoms with Gasteiger partial charge in [0.25, 0.3) is 0 Å². The van der Waals surface area contributed by atoms with Crippen LogP contribution in [0.3, 0.4) is 0 Å². The van der Waals surface area contributed by atoms with Crippen molar-refractivity contribution in [2.75, 3.05) is 6.61 Å². The minimum atomic E-state index is -0.681. The highest BCUT2D eigenvalue weighted by molar-refractivity contribution is 5.51. The van der Waals surface area contributed by atoms with Crippen molar-refractivity contribution in [2.45, 2.75) is 50.0 Å². The van der Waals surface area contributed by atoms with E-state index in [2.05, 4.69) is 31.7 Å². The molecular weight excluding hydrogens is 248 g/mol. The van der Waals surface area contributed by atoms with Crippen LogP contribution in [0, 0.1) is 12.3 Å². The minimum absolute atomic E-state index is 0.00722. The quantitative estimate of drug-likeness (QED) is 0.770. The molecule has 2 heteroatoms. The highest BCUT2D eigenvalue weighted by atomic mass is 16.3. The molecule has 2 fully saturated rings. The maximum absolute atomic E-state index is 10.8. The second kappa shape index (κ2) is 3.75. The van der Waals surface area contributed by atoms with Gasteiger partial charge in [-0.1, -0.05) is 24.8 Å². The molecule has 0 aromatic heterocycles. The lowest BCUT2D eigenvalue weighted by Gasteiger charge is -2.42. The Hall–Kier alpha value is -1.12. The fourth-order valence-corrected chi connectivity index (χ4v) is 5.47. The van der Waals surface area contributed by atoms with E-state index in [0.29, 0.717) is 5.92 Å². The first-order valence-corrected chi connectivity index (χ1v) is 7.63. The average molecular weight is 270 g/mol. The third-order valence-electron chi connectivity index (χ3n) is 6.32. The molecule has 3 aliphatic rings. The van der Waals surface area contributed by atoms with Crippen LogP contribution in [0.4, 0.5) is 0 Å². The van der Waals surface area contributed by atoms with Crippen LogP contribution < -0.4 is 0 Å². The highest BCUT2D eigenvalue weighted by Crippen LogP contribution is 2.71. The number of rotatable bonds is 1. The van der Waals surface area contributed by atoms with Crippen LogP contribution in [0.15, 0.2) is 30.4 Å². The van der Waals surface area contributed by atoms with Crippen molar-refractivity contribution in [2.24, 2.45) is 5.41 Å². The lowest BCUT2D eigenvalue weighted by atomic mass is 9.63. The van der Waals surface area contributed by atoms with Crippen molar-refractivity contribution in [1.29, 1.82) is 0 Å². The highest BCUT2D eigenvalue weighted by Gasteiger charge is 2.63. The number of fused-ring (bicyclic) bond motifs is 3. The summed E-state index contributed by atoms with van der Waals surface area (Å²) >= 11 is 0. The van der Waals surface area contributed by atoms with Crippen molar-refractivity contribution in [3.05, 3.63) is 47.0 Å². The molecule has 2 saturated carbocycles. The Kier molecular flexibility index (Phi) is 2.36. The van der Waals surface area contributed by atoms with Crippen molar-refractivity contribution >= 4 is 0 Å². The van der Waals surface area contributed by atoms with Gasteiger partial charge in [-0.05, 0) is 66.2 Å². The van der Waals surface area contributed by atoms with Gasteiger partial charge in [-0.15, -0.1) is 0 Å². The van der Waals surface area contributed by atoms with Crippen LogP contribution in [0.1, 0.15) is 54.2 Å². The molecule has 1 aromatic carbocycles. The maximum atomic E-state index is 10.8. The molecule has 2 N–H and O–H groups in total.